The zero-order valence-corrected chi connectivity index (χ0v) is 38.8. The Morgan fingerprint density at radius 3 is 2.43 bits per heavy atom. The number of ether oxygens (including phenoxy) is 1. The predicted octanol–water partition coefficient (Wildman–Crippen LogP) is 5.07. The summed E-state index contributed by atoms with van der Waals surface area (Å²) in [4.78, 5) is 63.5. The van der Waals surface area contributed by atoms with E-state index < -0.39 is 11.9 Å². The molecule has 5 saturated heterocycles. The third kappa shape index (κ3) is 8.38. The first-order chi connectivity index (χ1) is 33.6. The van der Waals surface area contributed by atoms with Crippen LogP contribution >= 0.6 is 0 Å². The molecular weight excluding hydrogens is 876 g/mol. The molecule has 8 heterocycles. The van der Waals surface area contributed by atoms with Gasteiger partial charge in [0.15, 0.2) is 5.82 Å². The molecule has 3 amide bonds. The number of anilines is 2. The van der Waals surface area contributed by atoms with Crippen LogP contribution in [0.3, 0.4) is 0 Å². The molecule has 1 aliphatic carbocycles. The Morgan fingerprint density at radius 1 is 0.884 bits per heavy atom. The molecule has 0 spiro atoms. The molecule has 3 atom stereocenters. The Balaban J connectivity index is 0.679. The molecule has 7 aliphatic rings. The Hall–Kier alpha value is -6.41. The molecule has 1 saturated carbocycles. The van der Waals surface area contributed by atoms with E-state index in [1.165, 1.54) is 6.07 Å². The number of hydrogen-bond acceptors (Lipinski definition) is 13. The average Bonchev–Trinajstić information content (AvgIpc) is 3.93. The molecule has 16 heteroatoms. The molecule has 0 radical (unpaired) electrons. The van der Waals surface area contributed by atoms with Gasteiger partial charge in [0.1, 0.15) is 28.8 Å². The molecule has 3 N–H and O–H groups in total. The van der Waals surface area contributed by atoms with Crippen LogP contribution in [0.5, 0.6) is 11.8 Å². The number of aromatic hydroxyl groups is 1. The van der Waals surface area contributed by atoms with E-state index in [0.717, 1.165) is 115 Å². The highest BCUT2D eigenvalue weighted by molar-refractivity contribution is 6.06. The second-order valence-corrected chi connectivity index (χ2v) is 20.6. The van der Waals surface area contributed by atoms with Gasteiger partial charge < -0.3 is 34.8 Å². The van der Waals surface area contributed by atoms with E-state index in [1.54, 1.807) is 23.2 Å². The molecule has 69 heavy (non-hydrogen) atoms. The smallest absolute Gasteiger partial charge is 0.319 e. The summed E-state index contributed by atoms with van der Waals surface area (Å²) in [7, 11) is 0. The number of benzene rings is 3. The van der Waals surface area contributed by atoms with Gasteiger partial charge in [-0.1, -0.05) is 24.1 Å². The van der Waals surface area contributed by atoms with Crippen LogP contribution in [0.1, 0.15) is 72.9 Å². The highest BCUT2D eigenvalue weighted by atomic mass is 19.1. The van der Waals surface area contributed by atoms with Crippen LogP contribution in [0.25, 0.3) is 32.9 Å². The van der Waals surface area contributed by atoms with Crippen LogP contribution in [0, 0.1) is 29.5 Å². The Morgan fingerprint density at radius 2 is 1.68 bits per heavy atom. The first kappa shape index (κ1) is 43.8. The van der Waals surface area contributed by atoms with E-state index in [0.29, 0.717) is 76.2 Å². The van der Waals surface area contributed by atoms with E-state index in [-0.39, 0.29) is 52.5 Å². The molecule has 3 aromatic carbocycles. The monoisotopic (exact) mass is 932 g/mol. The topological polar surface area (TPSA) is 160 Å². The van der Waals surface area contributed by atoms with Crippen molar-refractivity contribution in [1.82, 2.24) is 40.3 Å². The number of hydrogen-bond donors (Lipinski definition) is 3. The molecule has 2 unspecified atom stereocenters. The third-order valence-electron chi connectivity index (χ3n) is 16.0. The highest BCUT2D eigenvalue weighted by Gasteiger charge is 2.46. The molecule has 6 aliphatic heterocycles. The average molecular weight is 933 g/mol. The summed E-state index contributed by atoms with van der Waals surface area (Å²) in [5.41, 5.74) is 3.79. The maximum Gasteiger partial charge on any atom is 0.319 e. The molecular formula is C53H57FN10O5. The van der Waals surface area contributed by atoms with Gasteiger partial charge in [-0.25, -0.2) is 4.39 Å². The van der Waals surface area contributed by atoms with Gasteiger partial charge in [0.2, 0.25) is 11.8 Å². The number of amides is 3. The van der Waals surface area contributed by atoms with Crippen LogP contribution in [0.2, 0.25) is 0 Å². The minimum absolute atomic E-state index is 0.00471. The number of nitrogens with one attached hydrogen (secondary N) is 2. The second-order valence-electron chi connectivity index (χ2n) is 20.6. The molecule has 2 bridgehead atoms. The lowest BCUT2D eigenvalue weighted by Gasteiger charge is -2.40. The van der Waals surface area contributed by atoms with Crippen LogP contribution in [0.15, 0.2) is 54.7 Å². The zero-order chi connectivity index (χ0) is 47.0. The number of aromatic nitrogens is 3. The number of carbonyl (C=O) groups excluding carboxylic acids is 3. The van der Waals surface area contributed by atoms with Crippen molar-refractivity contribution in [3.8, 4) is 35.4 Å². The number of nitrogens with zero attached hydrogens (tertiary/aromatic N) is 8. The SMILES string of the molecule is C#Cc1cccc2cc(O)cc(-c3ncc4c(N5CC6CCC(C5)N6)nc(OCC5(CN6CCC(CN7CCN(c8ccc9c(c8)C(=O)N([C@H]8CCC(=O)NC8=O)C9)CC7)CC6)CC5)nc4c3F)c12. The van der Waals surface area contributed by atoms with E-state index >= 15 is 4.39 Å². The maximum absolute atomic E-state index is 17.1. The Labute approximate surface area is 400 Å². The van der Waals surface area contributed by atoms with E-state index in [4.69, 9.17) is 21.1 Å². The maximum atomic E-state index is 17.1. The first-order valence-corrected chi connectivity index (χ1v) is 24.8. The number of piperidine rings is 2. The summed E-state index contributed by atoms with van der Waals surface area (Å²) >= 11 is 0. The quantitative estimate of drug-likeness (QED) is 0.119. The lowest BCUT2D eigenvalue weighted by molar-refractivity contribution is -0.136. The number of fused-ring (bicyclic) bond motifs is 5. The van der Waals surface area contributed by atoms with Crippen LogP contribution < -0.4 is 25.2 Å². The molecule has 5 aromatic rings. The van der Waals surface area contributed by atoms with Crippen LogP contribution in [-0.2, 0) is 16.1 Å². The molecule has 6 fully saturated rings. The third-order valence-corrected chi connectivity index (χ3v) is 16.0. The van der Waals surface area contributed by atoms with Gasteiger partial charge in [-0.05, 0) is 105 Å². The fourth-order valence-corrected chi connectivity index (χ4v) is 12.0. The van der Waals surface area contributed by atoms with Crippen molar-refractivity contribution in [3.05, 3.63) is 77.2 Å². The van der Waals surface area contributed by atoms with Crippen LogP contribution in [-0.4, -0.2) is 143 Å². The lowest BCUT2D eigenvalue weighted by Crippen LogP contribution is -2.52. The molecule has 15 nitrogen and oxygen atoms in total. The van der Waals surface area contributed by atoms with Crippen molar-refractivity contribution < 1.29 is 28.6 Å². The van der Waals surface area contributed by atoms with Crippen molar-refractivity contribution in [2.75, 3.05) is 81.9 Å². The number of phenols is 1. The van der Waals surface area contributed by atoms with Crippen molar-refractivity contribution in [2.24, 2.45) is 11.3 Å². The number of likely N-dealkylation sites (tertiary alicyclic amines) is 1. The summed E-state index contributed by atoms with van der Waals surface area (Å²) < 4.78 is 23.7. The largest absolute Gasteiger partial charge is 0.508 e. The molecule has 356 valence electrons. The van der Waals surface area contributed by atoms with Crippen molar-refractivity contribution in [1.29, 1.82) is 0 Å². The number of piperazine rings is 2. The standard InChI is InChI=1S/C53H57FN10O5/c1-2-33-4-3-5-34-22-39(65)24-41(45(33)34)47-46(54)48-42(25-55-47)49(63-28-36-7-8-37(29-63)56-36)59-52(58-48)69-31-53(14-15-53)30-61-16-12-32(13-17-61)26-60-18-20-62(21-19-60)38-9-6-35-27-64(51(68)40(35)23-38)43-10-11-44(66)57-50(43)67/h1,3-6,9,22-25,32,36-37,43,56,65H,7-8,10-21,26-31H2,(H,57,66,67)/t36?,37?,43-/m0/s1. The number of carbonyl (C=O) groups is 3. The van der Waals surface area contributed by atoms with Gasteiger partial charge in [-0.2, -0.15) is 9.97 Å². The summed E-state index contributed by atoms with van der Waals surface area (Å²) in [6.07, 6.45) is 14.7. The van der Waals surface area contributed by atoms with Crippen LogP contribution in [0.4, 0.5) is 15.9 Å². The van der Waals surface area contributed by atoms with Gasteiger partial charge >= 0.3 is 6.01 Å². The summed E-state index contributed by atoms with van der Waals surface area (Å²) in [6, 6.07) is 14.9. The fraction of sp³-hybridized carbons (Fsp3) is 0.472. The lowest BCUT2D eigenvalue weighted by atomic mass is 9.94. The molecule has 2 aromatic heterocycles. The summed E-state index contributed by atoms with van der Waals surface area (Å²) in [5, 5.41) is 18.7. The number of rotatable bonds is 11. The minimum atomic E-state index is -0.610. The second kappa shape index (κ2) is 17.5. The van der Waals surface area contributed by atoms with Crippen molar-refractivity contribution >= 4 is 50.9 Å². The van der Waals surface area contributed by atoms with E-state index in [9.17, 15) is 19.5 Å². The number of imide groups is 1. The number of phenolic OH excluding ortho intramolecular Hbond substituents is 1. The minimum Gasteiger partial charge on any atom is -0.508 e. The summed E-state index contributed by atoms with van der Waals surface area (Å²) in [5.74, 6) is 2.55. The highest BCUT2D eigenvalue weighted by Crippen LogP contribution is 2.47. The Kier molecular flexibility index (Phi) is 11.1. The summed E-state index contributed by atoms with van der Waals surface area (Å²) in [6.45, 7) is 10.1. The van der Waals surface area contributed by atoms with Gasteiger partial charge in [0.25, 0.3) is 5.91 Å². The van der Waals surface area contributed by atoms with Crippen molar-refractivity contribution in [2.45, 2.75) is 76.0 Å². The molecule has 12 rings (SSSR count). The number of halogens is 1. The normalized spacial score (nSPS) is 24.0. The van der Waals surface area contributed by atoms with E-state index in [1.807, 2.05) is 24.3 Å². The fourth-order valence-electron chi connectivity index (χ4n) is 12.0. The first-order valence-electron chi connectivity index (χ1n) is 24.8. The Bertz CT molecular complexity index is 2930. The number of terminal acetylenes is 1. The van der Waals surface area contributed by atoms with Gasteiger partial charge in [-0.15, -0.1) is 6.42 Å². The predicted molar refractivity (Wildman–Crippen MR) is 259 cm³/mol. The number of pyridine rings is 1. The zero-order valence-electron chi connectivity index (χ0n) is 38.8. The van der Waals surface area contributed by atoms with E-state index in [2.05, 4.69) is 47.2 Å². The van der Waals surface area contributed by atoms with Gasteiger partial charge in [0, 0.05) is 117 Å². The van der Waals surface area contributed by atoms with Gasteiger partial charge in [0.05, 0.1) is 12.0 Å². The van der Waals surface area contributed by atoms with Gasteiger partial charge in [-0.3, -0.25) is 29.6 Å². The van der Waals surface area contributed by atoms with Crippen molar-refractivity contribution in [3.63, 3.8) is 0 Å².